The average Bonchev–Trinajstić information content (AvgIpc) is 3.46. The van der Waals surface area contributed by atoms with Gasteiger partial charge in [-0.1, -0.05) is 6.07 Å². The van der Waals surface area contributed by atoms with E-state index in [-0.39, 0.29) is 47.7 Å². The number of amides is 3. The molecule has 16 heteroatoms. The van der Waals surface area contributed by atoms with Gasteiger partial charge in [0.05, 0.1) is 4.90 Å². The Bertz CT molecular complexity index is 2310. The molecule has 4 heterocycles. The van der Waals surface area contributed by atoms with E-state index in [1.807, 2.05) is 26.1 Å². The lowest BCUT2D eigenvalue weighted by molar-refractivity contribution is -0.136. The van der Waals surface area contributed by atoms with Crippen LogP contribution in [0.25, 0.3) is 0 Å². The summed E-state index contributed by atoms with van der Waals surface area (Å²) in [5.74, 6) is -0.735. The maximum Gasteiger partial charge on any atom is 0.255 e. The fourth-order valence-electron chi connectivity index (χ4n) is 7.58. The number of halogens is 1. The van der Waals surface area contributed by atoms with Crippen molar-refractivity contribution < 1.29 is 27.2 Å². The molecule has 0 aliphatic carbocycles. The molecule has 4 N–H and O–H groups in total. The Hall–Kier alpha value is -5.45. The van der Waals surface area contributed by atoms with Gasteiger partial charge >= 0.3 is 0 Å². The smallest absolute Gasteiger partial charge is 0.255 e. The number of imide groups is 1. The predicted molar refractivity (Wildman–Crippen MR) is 215 cm³/mol. The second-order valence-corrected chi connectivity index (χ2v) is 17.7. The van der Waals surface area contributed by atoms with Crippen LogP contribution < -0.4 is 25.6 Å². The first-order valence-corrected chi connectivity index (χ1v) is 20.5. The minimum Gasteiger partial charge on any atom is -0.371 e. The topological polar surface area (TPSA) is 169 Å². The standard InChI is InChI=1S/C41H48FN9O5S/c1-25-22-43-40(47-37(25)44-29-7-6-8-32(20-29)57(55,56)48-41(2,3)4)45-28-9-11-31(12-10-28)50-17-15-30(16-18-50)49(5)23-27-19-26-24-51(39(54)33(26)21-34(27)42)35-13-14-36(52)46-38(35)53/h6-12,19-22,30,35,48H,13-18,23-24H2,1-5H3,(H,46,52,53)(H2,43,44,45,47). The molecule has 3 amide bonds. The molecule has 0 radical (unpaired) electrons. The van der Waals surface area contributed by atoms with E-state index in [2.05, 4.69) is 52.6 Å². The van der Waals surface area contributed by atoms with Gasteiger partial charge in [0.15, 0.2) is 0 Å². The first kappa shape index (κ1) is 39.8. The molecule has 7 rings (SSSR count). The van der Waals surface area contributed by atoms with Crippen LogP contribution in [0.1, 0.15) is 73.5 Å². The van der Waals surface area contributed by atoms with E-state index >= 15 is 4.39 Å². The van der Waals surface area contributed by atoms with Crippen LogP contribution in [0.4, 0.5) is 33.2 Å². The molecule has 1 atom stereocenters. The highest BCUT2D eigenvalue weighted by molar-refractivity contribution is 7.89. The molecule has 2 fully saturated rings. The van der Waals surface area contributed by atoms with Crippen LogP contribution in [0.2, 0.25) is 0 Å². The Kier molecular flexibility index (Phi) is 11.0. The zero-order valence-corrected chi connectivity index (χ0v) is 33.5. The number of anilines is 5. The van der Waals surface area contributed by atoms with Gasteiger partial charge in [-0.3, -0.25) is 24.6 Å². The van der Waals surface area contributed by atoms with Gasteiger partial charge in [-0.05, 0) is 114 Å². The summed E-state index contributed by atoms with van der Waals surface area (Å²) >= 11 is 0. The second kappa shape index (κ2) is 15.8. The van der Waals surface area contributed by atoms with E-state index in [1.54, 1.807) is 57.3 Å². The molecule has 2 saturated heterocycles. The molecule has 3 aliphatic rings. The molecule has 0 spiro atoms. The third kappa shape index (κ3) is 9.08. The van der Waals surface area contributed by atoms with Crippen molar-refractivity contribution in [2.24, 2.45) is 0 Å². The highest BCUT2D eigenvalue weighted by Crippen LogP contribution is 2.31. The number of rotatable bonds is 11. The zero-order valence-electron chi connectivity index (χ0n) is 32.7. The third-order valence-electron chi connectivity index (χ3n) is 10.5. The lowest BCUT2D eigenvalue weighted by Gasteiger charge is -2.38. The highest BCUT2D eigenvalue weighted by atomic mass is 32.2. The van der Waals surface area contributed by atoms with Crippen molar-refractivity contribution in [3.63, 3.8) is 0 Å². The number of hydrogen-bond donors (Lipinski definition) is 4. The number of nitrogens with one attached hydrogen (secondary N) is 4. The maximum absolute atomic E-state index is 15.3. The quantitative estimate of drug-likeness (QED) is 0.145. The van der Waals surface area contributed by atoms with E-state index < -0.39 is 33.3 Å². The van der Waals surface area contributed by atoms with E-state index in [0.717, 1.165) is 42.9 Å². The van der Waals surface area contributed by atoms with Gasteiger partial charge < -0.3 is 20.4 Å². The Morgan fingerprint density at radius 3 is 2.40 bits per heavy atom. The Balaban J connectivity index is 0.925. The van der Waals surface area contributed by atoms with Crippen LogP contribution >= 0.6 is 0 Å². The number of carbonyl (C=O) groups excluding carboxylic acids is 3. The fraction of sp³-hybridized carbons (Fsp3) is 0.390. The monoisotopic (exact) mass is 797 g/mol. The van der Waals surface area contributed by atoms with E-state index in [1.165, 1.54) is 11.0 Å². The SMILES string of the molecule is Cc1cnc(Nc2ccc(N3CCC(N(C)Cc4cc5c(cc4F)C(=O)N(C4CCC(=O)NC4=O)C5)CC3)cc2)nc1Nc1cccc(S(=O)(=O)NC(C)(C)C)c1. The third-order valence-corrected chi connectivity index (χ3v) is 12.3. The maximum atomic E-state index is 15.3. The second-order valence-electron chi connectivity index (χ2n) is 16.0. The number of aryl methyl sites for hydroxylation is 1. The predicted octanol–water partition coefficient (Wildman–Crippen LogP) is 5.35. The molecule has 0 saturated carbocycles. The molecule has 1 aromatic heterocycles. The van der Waals surface area contributed by atoms with Crippen LogP contribution in [-0.4, -0.2) is 83.7 Å². The van der Waals surface area contributed by atoms with Gasteiger partial charge in [-0.15, -0.1) is 0 Å². The van der Waals surface area contributed by atoms with E-state index in [4.69, 9.17) is 0 Å². The molecule has 1 unspecified atom stereocenters. The summed E-state index contributed by atoms with van der Waals surface area (Å²) in [5.41, 5.74) is 4.11. The van der Waals surface area contributed by atoms with E-state index in [0.29, 0.717) is 35.1 Å². The average molecular weight is 798 g/mol. The summed E-state index contributed by atoms with van der Waals surface area (Å²) in [7, 11) is -1.72. The molecule has 57 heavy (non-hydrogen) atoms. The molecule has 4 aromatic rings. The largest absolute Gasteiger partial charge is 0.371 e. The first-order valence-electron chi connectivity index (χ1n) is 19.1. The van der Waals surface area contributed by atoms with Crippen molar-refractivity contribution in [2.75, 3.05) is 35.7 Å². The first-order chi connectivity index (χ1) is 27.0. The van der Waals surface area contributed by atoms with E-state index in [9.17, 15) is 22.8 Å². The summed E-state index contributed by atoms with van der Waals surface area (Å²) in [6, 6.07) is 17.2. The highest BCUT2D eigenvalue weighted by Gasteiger charge is 2.39. The number of fused-ring (bicyclic) bond motifs is 1. The number of aromatic nitrogens is 2. The number of carbonyl (C=O) groups is 3. The van der Waals surface area contributed by atoms with Crippen LogP contribution in [-0.2, 0) is 32.7 Å². The Morgan fingerprint density at radius 2 is 1.70 bits per heavy atom. The van der Waals surface area contributed by atoms with Gasteiger partial charge in [-0.2, -0.15) is 4.98 Å². The molecule has 14 nitrogen and oxygen atoms in total. The van der Waals surface area contributed by atoms with Crippen molar-refractivity contribution in [2.45, 2.75) is 89.0 Å². The Labute approximate surface area is 332 Å². The van der Waals surface area contributed by atoms with Crippen molar-refractivity contribution in [1.82, 2.24) is 29.8 Å². The van der Waals surface area contributed by atoms with Crippen molar-refractivity contribution >= 4 is 56.6 Å². The summed E-state index contributed by atoms with van der Waals surface area (Å²) in [6.45, 7) is 9.51. The van der Waals surface area contributed by atoms with Crippen molar-refractivity contribution in [3.8, 4) is 0 Å². The molecular weight excluding hydrogens is 750 g/mol. The number of sulfonamides is 1. The van der Waals surface area contributed by atoms with Crippen molar-refractivity contribution in [1.29, 1.82) is 0 Å². The number of nitrogens with zero attached hydrogens (tertiary/aromatic N) is 5. The van der Waals surface area contributed by atoms with Crippen molar-refractivity contribution in [3.05, 3.63) is 94.9 Å². The lowest BCUT2D eigenvalue weighted by atomic mass is 10.0. The minimum absolute atomic E-state index is 0.150. The van der Waals surface area contributed by atoms with Gasteiger partial charge in [0.1, 0.15) is 17.7 Å². The number of benzene rings is 3. The normalized spacial score (nSPS) is 17.9. The van der Waals surface area contributed by atoms with Crippen LogP contribution in [0.5, 0.6) is 0 Å². The summed E-state index contributed by atoms with van der Waals surface area (Å²) < 4.78 is 43.8. The van der Waals surface area contributed by atoms with Crippen LogP contribution in [0, 0.1) is 12.7 Å². The number of piperidine rings is 2. The molecule has 300 valence electrons. The van der Waals surface area contributed by atoms with Gasteiger partial charge in [0.25, 0.3) is 5.91 Å². The van der Waals surface area contributed by atoms with Crippen LogP contribution in [0.3, 0.4) is 0 Å². The molecular formula is C41H48FN9O5S. The van der Waals surface area contributed by atoms with Gasteiger partial charge in [0, 0.05) is 84.1 Å². The molecule has 3 aliphatic heterocycles. The van der Waals surface area contributed by atoms with Gasteiger partial charge in [0.2, 0.25) is 27.8 Å². The summed E-state index contributed by atoms with van der Waals surface area (Å²) in [6.07, 6.45) is 3.90. The molecule has 0 bridgehead atoms. The fourth-order valence-corrected chi connectivity index (χ4v) is 9.04. The summed E-state index contributed by atoms with van der Waals surface area (Å²) in [5, 5.41) is 8.80. The lowest BCUT2D eigenvalue weighted by Crippen LogP contribution is -2.52. The Morgan fingerprint density at radius 1 is 0.965 bits per heavy atom. The zero-order chi connectivity index (χ0) is 40.6. The number of hydrogen-bond acceptors (Lipinski definition) is 11. The van der Waals surface area contributed by atoms with Crippen LogP contribution in [0.15, 0.2) is 71.8 Å². The minimum atomic E-state index is -3.71. The van der Waals surface area contributed by atoms with Gasteiger partial charge in [-0.25, -0.2) is 22.5 Å². The molecule has 3 aromatic carbocycles. The summed E-state index contributed by atoms with van der Waals surface area (Å²) in [4.78, 5) is 52.3.